The Morgan fingerprint density at radius 1 is 1.26 bits per heavy atom. The second-order valence-corrected chi connectivity index (χ2v) is 8.25. The highest BCUT2D eigenvalue weighted by Gasteiger charge is 2.30. The molecule has 178 valence electrons. The molecule has 3 aromatic rings. The Balaban J connectivity index is 1.37. The van der Waals surface area contributed by atoms with E-state index in [1.165, 1.54) is 47.5 Å². The molecule has 0 saturated carbocycles. The number of rotatable bonds is 7. The summed E-state index contributed by atoms with van der Waals surface area (Å²) in [4.78, 5) is 32.8. The molecular formula is C23H21ClF2N4O4. The molecule has 2 heterocycles. The Hall–Kier alpha value is -3.50. The lowest BCUT2D eigenvalue weighted by Gasteiger charge is -2.27. The molecule has 0 aliphatic carbocycles. The summed E-state index contributed by atoms with van der Waals surface area (Å²) in [6.07, 6.45) is -0.687. The number of ether oxygens (including phenoxy) is 1. The number of carbonyl (C=O) groups is 2. The molecule has 34 heavy (non-hydrogen) atoms. The number of anilines is 1. The van der Waals surface area contributed by atoms with Crippen molar-refractivity contribution < 1.29 is 28.2 Å². The van der Waals surface area contributed by atoms with Crippen LogP contribution in [0.3, 0.4) is 0 Å². The number of fused-ring (bicyclic) bond motifs is 1. The molecule has 0 spiro atoms. The van der Waals surface area contributed by atoms with E-state index in [1.807, 2.05) is 0 Å². The lowest BCUT2D eigenvalue weighted by atomic mass is 10.0. The summed E-state index contributed by atoms with van der Waals surface area (Å²) in [6, 6.07) is 8.17. The molecule has 3 N–H and O–H groups in total. The van der Waals surface area contributed by atoms with Crippen LogP contribution in [0.5, 0.6) is 0 Å². The van der Waals surface area contributed by atoms with Gasteiger partial charge < -0.3 is 19.7 Å². The Morgan fingerprint density at radius 2 is 2.00 bits per heavy atom. The number of aromatic amines is 1. The minimum atomic E-state index is -1.15. The fraction of sp³-hybridized carbons (Fsp3) is 0.261. The molecule has 8 nitrogen and oxygen atoms in total. The standard InChI is InChI=1S/C23H21ClF2N4O4/c1-30(10-2-3-17-18-15(29-23(33)34-17)9-8-14(24)19(18)26)22(32)16-11-27-21(28-16)20(31)12-4-6-13(25)7-5-12/h4-9,11,17,20,31H,2-3,10H2,1H3,(H,27,28)(H,29,33)/t17-,20?/m1/s1. The number of cyclic esters (lactones) is 1. The first-order valence-corrected chi connectivity index (χ1v) is 10.8. The molecule has 1 unspecified atom stereocenters. The third-order valence-corrected chi connectivity index (χ3v) is 5.81. The summed E-state index contributed by atoms with van der Waals surface area (Å²) in [5.74, 6) is -1.31. The van der Waals surface area contributed by atoms with Crippen molar-refractivity contribution in [3.05, 3.63) is 81.9 Å². The van der Waals surface area contributed by atoms with Crippen LogP contribution < -0.4 is 5.32 Å². The van der Waals surface area contributed by atoms with E-state index < -0.39 is 29.9 Å². The van der Waals surface area contributed by atoms with Crippen LogP contribution in [0.2, 0.25) is 5.02 Å². The van der Waals surface area contributed by atoms with E-state index >= 15 is 0 Å². The summed E-state index contributed by atoms with van der Waals surface area (Å²) < 4.78 is 32.9. The predicted molar refractivity (Wildman–Crippen MR) is 119 cm³/mol. The molecule has 1 aromatic heterocycles. The highest BCUT2D eigenvalue weighted by molar-refractivity contribution is 6.31. The molecule has 0 saturated heterocycles. The average molecular weight is 491 g/mol. The predicted octanol–water partition coefficient (Wildman–Crippen LogP) is 4.58. The Kier molecular flexibility index (Phi) is 6.80. The summed E-state index contributed by atoms with van der Waals surface area (Å²) in [6.45, 7) is 0.284. The summed E-state index contributed by atoms with van der Waals surface area (Å²) in [5, 5.41) is 12.8. The number of H-pyrrole nitrogens is 1. The van der Waals surface area contributed by atoms with Crippen molar-refractivity contribution in [1.82, 2.24) is 14.9 Å². The highest BCUT2D eigenvalue weighted by atomic mass is 35.5. The number of imidazole rings is 1. The SMILES string of the molecule is CN(CCC[C@H]1OC(=O)Nc2ccc(Cl)c(F)c21)C(=O)c1cnc(C(O)c2ccc(F)cc2)[nH]1. The number of nitrogens with zero attached hydrogens (tertiary/aromatic N) is 2. The molecule has 0 fully saturated rings. The Morgan fingerprint density at radius 3 is 2.74 bits per heavy atom. The van der Waals surface area contributed by atoms with Gasteiger partial charge in [-0.2, -0.15) is 0 Å². The van der Waals surface area contributed by atoms with Crippen molar-refractivity contribution >= 4 is 29.3 Å². The molecule has 4 rings (SSSR count). The van der Waals surface area contributed by atoms with Crippen molar-refractivity contribution in [1.29, 1.82) is 0 Å². The molecule has 2 aromatic carbocycles. The van der Waals surface area contributed by atoms with E-state index in [4.69, 9.17) is 16.3 Å². The number of aromatic nitrogens is 2. The van der Waals surface area contributed by atoms with Crippen LogP contribution in [0.15, 0.2) is 42.6 Å². The van der Waals surface area contributed by atoms with Crippen LogP contribution in [0.25, 0.3) is 0 Å². The van der Waals surface area contributed by atoms with Gasteiger partial charge in [0.25, 0.3) is 5.91 Å². The van der Waals surface area contributed by atoms with E-state index in [0.717, 1.165) is 0 Å². The molecular weight excluding hydrogens is 470 g/mol. The van der Waals surface area contributed by atoms with Crippen molar-refractivity contribution in [2.75, 3.05) is 18.9 Å². The van der Waals surface area contributed by atoms with Crippen LogP contribution in [-0.4, -0.2) is 45.6 Å². The third-order valence-electron chi connectivity index (χ3n) is 5.52. The van der Waals surface area contributed by atoms with Crippen LogP contribution in [0.4, 0.5) is 19.3 Å². The second kappa shape index (κ2) is 9.78. The van der Waals surface area contributed by atoms with Gasteiger partial charge in [0.05, 0.1) is 22.5 Å². The first-order chi connectivity index (χ1) is 16.2. The van der Waals surface area contributed by atoms with Crippen LogP contribution in [0, 0.1) is 11.6 Å². The largest absolute Gasteiger partial charge is 0.441 e. The molecule has 0 radical (unpaired) electrons. The molecule has 1 aliphatic heterocycles. The van der Waals surface area contributed by atoms with Gasteiger partial charge in [0.1, 0.15) is 29.5 Å². The van der Waals surface area contributed by atoms with Crippen LogP contribution in [0.1, 0.15) is 52.5 Å². The number of benzene rings is 2. The van der Waals surface area contributed by atoms with Gasteiger partial charge in [-0.05, 0) is 42.7 Å². The maximum Gasteiger partial charge on any atom is 0.412 e. The smallest absolute Gasteiger partial charge is 0.412 e. The summed E-state index contributed by atoms with van der Waals surface area (Å²) in [5.41, 5.74) is 1.06. The maximum absolute atomic E-state index is 14.5. The van der Waals surface area contributed by atoms with Gasteiger partial charge in [-0.3, -0.25) is 10.1 Å². The Labute approximate surface area is 198 Å². The highest BCUT2D eigenvalue weighted by Crippen LogP contribution is 2.38. The molecule has 0 bridgehead atoms. The van der Waals surface area contributed by atoms with Crippen molar-refractivity contribution in [2.24, 2.45) is 0 Å². The van der Waals surface area contributed by atoms with Crippen molar-refractivity contribution in [2.45, 2.75) is 25.0 Å². The second-order valence-electron chi connectivity index (χ2n) is 7.85. The normalized spacial score (nSPS) is 15.8. The zero-order chi connectivity index (χ0) is 24.4. The number of carbonyl (C=O) groups excluding carboxylic acids is 2. The number of hydrogen-bond acceptors (Lipinski definition) is 5. The fourth-order valence-corrected chi connectivity index (χ4v) is 3.89. The van der Waals surface area contributed by atoms with Gasteiger partial charge in [-0.15, -0.1) is 0 Å². The molecule has 2 atom stereocenters. The monoisotopic (exact) mass is 490 g/mol. The number of amides is 2. The summed E-state index contributed by atoms with van der Waals surface area (Å²) >= 11 is 5.87. The number of halogens is 3. The maximum atomic E-state index is 14.5. The van der Waals surface area contributed by atoms with Crippen molar-refractivity contribution in [3.8, 4) is 0 Å². The third kappa shape index (κ3) is 4.87. The van der Waals surface area contributed by atoms with Gasteiger partial charge in [0, 0.05) is 13.6 Å². The molecule has 11 heteroatoms. The van der Waals surface area contributed by atoms with Crippen molar-refractivity contribution in [3.63, 3.8) is 0 Å². The minimum Gasteiger partial charge on any atom is -0.441 e. The lowest BCUT2D eigenvalue weighted by molar-refractivity contribution is 0.0754. The van der Waals surface area contributed by atoms with Gasteiger partial charge >= 0.3 is 6.09 Å². The fourth-order valence-electron chi connectivity index (χ4n) is 3.73. The Bertz CT molecular complexity index is 1220. The first-order valence-electron chi connectivity index (χ1n) is 10.4. The zero-order valence-electron chi connectivity index (χ0n) is 18.0. The van der Waals surface area contributed by atoms with Crippen LogP contribution in [-0.2, 0) is 4.74 Å². The van der Waals surface area contributed by atoms with Gasteiger partial charge in [0.2, 0.25) is 0 Å². The number of aliphatic hydroxyl groups excluding tert-OH is 1. The summed E-state index contributed by atoms with van der Waals surface area (Å²) in [7, 11) is 1.58. The van der Waals surface area contributed by atoms with Crippen LogP contribution >= 0.6 is 11.6 Å². The number of aliphatic hydroxyl groups is 1. The number of hydrogen-bond donors (Lipinski definition) is 3. The average Bonchev–Trinajstić information content (AvgIpc) is 3.31. The minimum absolute atomic E-state index is 0.0753. The lowest BCUT2D eigenvalue weighted by Crippen LogP contribution is -2.29. The number of nitrogens with one attached hydrogen (secondary N) is 2. The van der Waals surface area contributed by atoms with Gasteiger partial charge in [-0.1, -0.05) is 23.7 Å². The topological polar surface area (TPSA) is 108 Å². The van der Waals surface area contributed by atoms with E-state index in [1.54, 1.807) is 7.05 Å². The van der Waals surface area contributed by atoms with E-state index in [-0.39, 0.29) is 41.0 Å². The first kappa shape index (κ1) is 23.7. The zero-order valence-corrected chi connectivity index (χ0v) is 18.8. The molecule has 1 aliphatic rings. The van der Waals surface area contributed by atoms with Gasteiger partial charge in [-0.25, -0.2) is 18.6 Å². The van der Waals surface area contributed by atoms with E-state index in [0.29, 0.717) is 17.7 Å². The molecule has 2 amide bonds. The van der Waals surface area contributed by atoms with Gasteiger partial charge in [0.15, 0.2) is 5.82 Å². The van der Waals surface area contributed by atoms with E-state index in [9.17, 15) is 23.5 Å². The van der Waals surface area contributed by atoms with E-state index in [2.05, 4.69) is 15.3 Å². The quantitative estimate of drug-likeness (QED) is 0.449.